The molecular formula is C9H12O2. The molecule has 2 nitrogen and oxygen atoms in total. The van der Waals surface area contributed by atoms with Crippen LogP contribution in [-0.4, -0.2) is 5.97 Å². The number of hydrogen-bond donors (Lipinski definition) is 0. The Bertz CT molecular complexity index is 200. The molecular weight excluding hydrogens is 140 g/mol. The third-order valence-electron chi connectivity index (χ3n) is 0.916. The van der Waals surface area contributed by atoms with Crippen LogP contribution in [0.25, 0.3) is 0 Å². The van der Waals surface area contributed by atoms with Crippen molar-refractivity contribution in [1.82, 2.24) is 0 Å². The first-order chi connectivity index (χ1) is 5.20. The third-order valence-corrected chi connectivity index (χ3v) is 0.916. The predicted molar refractivity (Wildman–Crippen MR) is 44.9 cm³/mol. The van der Waals surface area contributed by atoms with Gasteiger partial charge < -0.3 is 4.74 Å². The van der Waals surface area contributed by atoms with Crippen molar-refractivity contribution in [3.63, 3.8) is 0 Å². The van der Waals surface area contributed by atoms with E-state index in [1.807, 2.05) is 13.0 Å². The van der Waals surface area contributed by atoms with Crippen LogP contribution >= 0.6 is 0 Å². The standard InChI is InChI=1S/C9H12O2/c1-4-6-7-9(5-2)11-8(3)10/h4-7H,2H2,1,3H3/b6-4-,9-7+. The Morgan fingerprint density at radius 1 is 1.55 bits per heavy atom. The van der Waals surface area contributed by atoms with E-state index in [9.17, 15) is 4.79 Å². The molecule has 0 unspecified atom stereocenters. The molecule has 0 fully saturated rings. The van der Waals surface area contributed by atoms with Crippen LogP contribution in [0.3, 0.4) is 0 Å². The fourth-order valence-corrected chi connectivity index (χ4v) is 0.501. The highest BCUT2D eigenvalue weighted by Gasteiger charge is 1.93. The molecule has 0 heterocycles. The number of hydrogen-bond acceptors (Lipinski definition) is 2. The molecule has 0 aromatic rings. The molecule has 0 N–H and O–H groups in total. The molecule has 0 bridgehead atoms. The van der Waals surface area contributed by atoms with Gasteiger partial charge in [0.2, 0.25) is 0 Å². The quantitative estimate of drug-likeness (QED) is 0.352. The predicted octanol–water partition coefficient (Wildman–Crippen LogP) is 2.20. The van der Waals surface area contributed by atoms with Gasteiger partial charge in [0.05, 0.1) is 0 Å². The first-order valence-corrected chi connectivity index (χ1v) is 3.34. The summed E-state index contributed by atoms with van der Waals surface area (Å²) >= 11 is 0. The monoisotopic (exact) mass is 152 g/mol. The zero-order chi connectivity index (χ0) is 8.69. The summed E-state index contributed by atoms with van der Waals surface area (Å²) in [7, 11) is 0. The minimum Gasteiger partial charge on any atom is -0.427 e. The fourth-order valence-electron chi connectivity index (χ4n) is 0.501. The molecule has 0 saturated heterocycles. The Balaban J connectivity index is 4.15. The summed E-state index contributed by atoms with van der Waals surface area (Å²) in [5.74, 6) is 0.135. The van der Waals surface area contributed by atoms with Crippen molar-refractivity contribution in [3.05, 3.63) is 36.6 Å². The van der Waals surface area contributed by atoms with Gasteiger partial charge in [-0.3, -0.25) is 4.79 Å². The average molecular weight is 152 g/mol. The van der Waals surface area contributed by atoms with Crippen molar-refractivity contribution < 1.29 is 9.53 Å². The molecule has 0 aromatic heterocycles. The zero-order valence-electron chi connectivity index (χ0n) is 6.83. The number of carbonyl (C=O) groups excluding carboxylic acids is 1. The van der Waals surface area contributed by atoms with Crippen LogP contribution < -0.4 is 0 Å². The number of ether oxygens (including phenoxy) is 1. The smallest absolute Gasteiger partial charge is 0.308 e. The van der Waals surface area contributed by atoms with Crippen molar-refractivity contribution in [2.24, 2.45) is 0 Å². The highest BCUT2D eigenvalue weighted by molar-refractivity contribution is 5.67. The van der Waals surface area contributed by atoms with E-state index in [0.29, 0.717) is 5.76 Å². The molecule has 60 valence electrons. The topological polar surface area (TPSA) is 26.3 Å². The van der Waals surface area contributed by atoms with Crippen LogP contribution in [0.1, 0.15) is 13.8 Å². The van der Waals surface area contributed by atoms with Gasteiger partial charge >= 0.3 is 5.97 Å². The second kappa shape index (κ2) is 5.47. The lowest BCUT2D eigenvalue weighted by atomic mass is 10.4. The summed E-state index contributed by atoms with van der Waals surface area (Å²) < 4.78 is 4.75. The van der Waals surface area contributed by atoms with Gasteiger partial charge in [-0.05, 0) is 19.1 Å². The maximum Gasteiger partial charge on any atom is 0.308 e. The highest BCUT2D eigenvalue weighted by atomic mass is 16.5. The molecule has 0 radical (unpaired) electrons. The molecule has 0 aliphatic heterocycles. The lowest BCUT2D eigenvalue weighted by Crippen LogP contribution is -1.95. The number of carbonyl (C=O) groups is 1. The Hall–Kier alpha value is -1.31. The first kappa shape index (κ1) is 9.69. The molecule has 0 spiro atoms. The second-order valence-corrected chi connectivity index (χ2v) is 1.89. The van der Waals surface area contributed by atoms with E-state index in [-0.39, 0.29) is 5.97 Å². The summed E-state index contributed by atoms with van der Waals surface area (Å²) in [4.78, 5) is 10.4. The second-order valence-electron chi connectivity index (χ2n) is 1.89. The lowest BCUT2D eigenvalue weighted by molar-refractivity contribution is -0.136. The summed E-state index contributed by atoms with van der Waals surface area (Å²) in [6.07, 6.45) is 6.78. The van der Waals surface area contributed by atoms with Crippen molar-refractivity contribution in [3.8, 4) is 0 Å². The Kier molecular flexibility index (Phi) is 4.82. The number of rotatable bonds is 3. The van der Waals surface area contributed by atoms with E-state index in [1.165, 1.54) is 13.0 Å². The van der Waals surface area contributed by atoms with Gasteiger partial charge in [-0.2, -0.15) is 0 Å². The average Bonchev–Trinajstić information content (AvgIpc) is 1.97. The minimum absolute atomic E-state index is 0.333. The summed E-state index contributed by atoms with van der Waals surface area (Å²) in [6.45, 7) is 6.72. The summed E-state index contributed by atoms with van der Waals surface area (Å²) in [6, 6.07) is 0. The van der Waals surface area contributed by atoms with Crippen LogP contribution in [0.5, 0.6) is 0 Å². The maximum absolute atomic E-state index is 10.4. The van der Waals surface area contributed by atoms with Gasteiger partial charge in [0.25, 0.3) is 0 Å². The van der Waals surface area contributed by atoms with Crippen molar-refractivity contribution >= 4 is 5.97 Å². The van der Waals surface area contributed by atoms with Crippen LogP contribution in [0.2, 0.25) is 0 Å². The zero-order valence-corrected chi connectivity index (χ0v) is 6.83. The summed E-state index contributed by atoms with van der Waals surface area (Å²) in [5.41, 5.74) is 0. The molecule has 0 aromatic carbocycles. The Morgan fingerprint density at radius 3 is 2.55 bits per heavy atom. The number of allylic oxidation sites excluding steroid dienone is 4. The Labute approximate surface area is 66.9 Å². The van der Waals surface area contributed by atoms with Gasteiger partial charge in [0, 0.05) is 6.92 Å². The van der Waals surface area contributed by atoms with Crippen LogP contribution in [0.15, 0.2) is 36.6 Å². The fraction of sp³-hybridized carbons (Fsp3) is 0.222. The van der Waals surface area contributed by atoms with Crippen molar-refractivity contribution in [2.45, 2.75) is 13.8 Å². The van der Waals surface area contributed by atoms with Crippen LogP contribution in [0, 0.1) is 0 Å². The summed E-state index contributed by atoms with van der Waals surface area (Å²) in [5, 5.41) is 0. The lowest BCUT2D eigenvalue weighted by Gasteiger charge is -1.98. The van der Waals surface area contributed by atoms with Crippen molar-refractivity contribution in [1.29, 1.82) is 0 Å². The molecule has 0 atom stereocenters. The normalized spacial score (nSPS) is 11.6. The van der Waals surface area contributed by atoms with Crippen LogP contribution in [-0.2, 0) is 9.53 Å². The molecule has 0 aliphatic carbocycles. The molecule has 2 heteroatoms. The first-order valence-electron chi connectivity index (χ1n) is 3.34. The van der Waals surface area contributed by atoms with E-state index in [0.717, 1.165) is 0 Å². The Morgan fingerprint density at radius 2 is 2.18 bits per heavy atom. The van der Waals surface area contributed by atoms with Crippen LogP contribution in [0.4, 0.5) is 0 Å². The van der Waals surface area contributed by atoms with E-state index in [4.69, 9.17) is 4.74 Å². The third kappa shape index (κ3) is 5.15. The SMILES string of the molecule is C=C/C(=C\C=C/C)OC(C)=O. The molecule has 11 heavy (non-hydrogen) atoms. The van der Waals surface area contributed by atoms with E-state index >= 15 is 0 Å². The molecule has 0 amide bonds. The van der Waals surface area contributed by atoms with E-state index in [1.54, 1.807) is 12.2 Å². The highest BCUT2D eigenvalue weighted by Crippen LogP contribution is 1.98. The molecule has 0 aliphatic rings. The maximum atomic E-state index is 10.4. The van der Waals surface area contributed by atoms with Gasteiger partial charge in [-0.15, -0.1) is 0 Å². The van der Waals surface area contributed by atoms with E-state index in [2.05, 4.69) is 6.58 Å². The minimum atomic E-state index is -0.333. The van der Waals surface area contributed by atoms with E-state index < -0.39 is 0 Å². The van der Waals surface area contributed by atoms with Gasteiger partial charge in [-0.1, -0.05) is 18.7 Å². The van der Waals surface area contributed by atoms with Gasteiger partial charge in [0.15, 0.2) is 0 Å². The number of esters is 1. The van der Waals surface area contributed by atoms with Gasteiger partial charge in [0.1, 0.15) is 5.76 Å². The van der Waals surface area contributed by atoms with Crippen molar-refractivity contribution in [2.75, 3.05) is 0 Å². The largest absolute Gasteiger partial charge is 0.427 e. The van der Waals surface area contributed by atoms with Gasteiger partial charge in [-0.25, -0.2) is 0 Å². The molecule has 0 saturated carbocycles. The molecule has 0 rings (SSSR count).